The number of carbonyl (C=O) groups excluding carboxylic acids is 1. The zero-order valence-electron chi connectivity index (χ0n) is 9.37. The predicted octanol–water partition coefficient (Wildman–Crippen LogP) is -0.0931. The van der Waals surface area contributed by atoms with Crippen LogP contribution < -0.4 is 21.7 Å². The van der Waals surface area contributed by atoms with Crippen molar-refractivity contribution in [2.45, 2.75) is 6.92 Å². The molecule has 0 saturated heterocycles. The number of anilines is 2. The van der Waals surface area contributed by atoms with Crippen LogP contribution in [-0.2, 0) is 0 Å². The minimum atomic E-state index is -0.530. The molecule has 5 N–H and O–H groups in total. The number of urea groups is 1. The lowest BCUT2D eigenvalue weighted by atomic mass is 10.3. The topological polar surface area (TPSA) is 105 Å². The fourth-order valence-electron chi connectivity index (χ4n) is 1.25. The van der Waals surface area contributed by atoms with Crippen molar-refractivity contribution < 1.29 is 4.79 Å². The van der Waals surface area contributed by atoms with Gasteiger partial charge in [-0.15, -0.1) is 0 Å². The van der Waals surface area contributed by atoms with Crippen LogP contribution >= 0.6 is 0 Å². The van der Waals surface area contributed by atoms with Crippen LogP contribution in [0.3, 0.4) is 0 Å². The molecule has 1 rings (SSSR count). The highest BCUT2D eigenvalue weighted by molar-refractivity contribution is 5.71. The normalized spacial score (nSPS) is 9.62. The molecule has 0 bridgehead atoms. The highest BCUT2D eigenvalue weighted by Gasteiger charge is 2.04. The lowest BCUT2D eigenvalue weighted by Gasteiger charge is -2.10. The quantitative estimate of drug-likeness (QED) is 0.523. The molecule has 0 aromatic carbocycles. The number of amides is 2. The van der Waals surface area contributed by atoms with Crippen LogP contribution in [0.5, 0.6) is 0 Å². The van der Waals surface area contributed by atoms with Crippen molar-refractivity contribution in [2.75, 3.05) is 30.8 Å². The maximum Gasteiger partial charge on any atom is 0.312 e. The summed E-state index contributed by atoms with van der Waals surface area (Å²) in [5.41, 5.74) is 5.87. The summed E-state index contributed by atoms with van der Waals surface area (Å²) >= 11 is 0. The van der Waals surface area contributed by atoms with Crippen molar-refractivity contribution in [1.82, 2.24) is 15.3 Å². The van der Waals surface area contributed by atoms with Gasteiger partial charge in [-0.2, -0.15) is 0 Å². The largest absolute Gasteiger partial charge is 0.373 e. The van der Waals surface area contributed by atoms with Gasteiger partial charge in [0.2, 0.25) is 0 Å². The highest BCUT2D eigenvalue weighted by Crippen LogP contribution is 2.16. The van der Waals surface area contributed by atoms with Gasteiger partial charge in [0.1, 0.15) is 18.0 Å². The number of nitrogens with zero attached hydrogens (tertiary/aromatic N) is 2. The monoisotopic (exact) mass is 224 g/mol. The minimum Gasteiger partial charge on any atom is -0.373 e. The van der Waals surface area contributed by atoms with Gasteiger partial charge in [-0.1, -0.05) is 0 Å². The average Bonchev–Trinajstić information content (AvgIpc) is 2.26. The molecule has 0 unspecified atom stereocenters. The van der Waals surface area contributed by atoms with E-state index in [4.69, 9.17) is 5.73 Å². The van der Waals surface area contributed by atoms with Crippen LogP contribution in [0.2, 0.25) is 0 Å². The van der Waals surface area contributed by atoms with E-state index in [1.807, 2.05) is 6.92 Å². The molecule has 1 heterocycles. The zero-order chi connectivity index (χ0) is 12.0. The number of nitrogens with one attached hydrogen (secondary N) is 3. The first-order valence-electron chi connectivity index (χ1n) is 4.91. The predicted molar refractivity (Wildman–Crippen MR) is 62.4 cm³/mol. The molecule has 0 spiro atoms. The Kier molecular flexibility index (Phi) is 4.31. The van der Waals surface area contributed by atoms with Gasteiger partial charge in [-0.25, -0.2) is 14.8 Å². The van der Waals surface area contributed by atoms with Gasteiger partial charge in [0, 0.05) is 25.7 Å². The van der Waals surface area contributed by atoms with Crippen LogP contribution in [0.15, 0.2) is 6.33 Å². The van der Waals surface area contributed by atoms with Crippen LogP contribution in [0, 0.1) is 6.92 Å². The van der Waals surface area contributed by atoms with Crippen LogP contribution in [0.4, 0.5) is 16.4 Å². The smallest absolute Gasteiger partial charge is 0.312 e. The average molecular weight is 224 g/mol. The van der Waals surface area contributed by atoms with Crippen molar-refractivity contribution in [2.24, 2.45) is 5.73 Å². The molecule has 2 amide bonds. The number of aromatic nitrogens is 2. The Morgan fingerprint density at radius 1 is 1.38 bits per heavy atom. The van der Waals surface area contributed by atoms with E-state index in [0.717, 1.165) is 17.2 Å². The fourth-order valence-corrected chi connectivity index (χ4v) is 1.25. The molecule has 0 fully saturated rings. The minimum absolute atomic E-state index is 0.452. The Labute approximate surface area is 93.8 Å². The number of carbonyl (C=O) groups is 1. The maximum absolute atomic E-state index is 10.4. The van der Waals surface area contributed by atoms with E-state index in [1.54, 1.807) is 7.05 Å². The summed E-state index contributed by atoms with van der Waals surface area (Å²) < 4.78 is 0. The summed E-state index contributed by atoms with van der Waals surface area (Å²) in [7, 11) is 1.80. The molecule has 0 radical (unpaired) electrons. The van der Waals surface area contributed by atoms with Gasteiger partial charge in [-0.3, -0.25) is 0 Å². The van der Waals surface area contributed by atoms with Crippen LogP contribution in [-0.4, -0.2) is 36.1 Å². The van der Waals surface area contributed by atoms with E-state index in [0.29, 0.717) is 13.1 Å². The first kappa shape index (κ1) is 12.0. The second-order valence-corrected chi connectivity index (χ2v) is 3.16. The standard InChI is InChI=1S/C9H16N6O/c1-6-7(11-2)14-5-15-8(6)12-3-4-13-9(10)16/h5H,3-4H2,1-2H3,(H3,10,13,16)(H2,11,12,14,15). The molecule has 1 aromatic rings. The molecule has 16 heavy (non-hydrogen) atoms. The second kappa shape index (κ2) is 5.74. The lowest BCUT2D eigenvalue weighted by Crippen LogP contribution is -2.33. The third kappa shape index (κ3) is 3.26. The van der Waals surface area contributed by atoms with E-state index in [1.165, 1.54) is 6.33 Å². The maximum atomic E-state index is 10.4. The Morgan fingerprint density at radius 2 is 2.06 bits per heavy atom. The van der Waals surface area contributed by atoms with E-state index >= 15 is 0 Å². The first-order chi connectivity index (χ1) is 7.65. The van der Waals surface area contributed by atoms with Gasteiger partial charge in [0.05, 0.1) is 0 Å². The molecule has 0 aliphatic heterocycles. The summed E-state index contributed by atoms with van der Waals surface area (Å²) in [4.78, 5) is 18.6. The third-order valence-corrected chi connectivity index (χ3v) is 2.04. The number of hydrogen-bond donors (Lipinski definition) is 4. The van der Waals surface area contributed by atoms with Gasteiger partial charge < -0.3 is 21.7 Å². The number of hydrogen-bond acceptors (Lipinski definition) is 5. The van der Waals surface area contributed by atoms with Crippen molar-refractivity contribution in [3.8, 4) is 0 Å². The molecule has 7 heteroatoms. The molecule has 0 aliphatic carbocycles. The van der Waals surface area contributed by atoms with E-state index in [2.05, 4.69) is 25.9 Å². The molecule has 0 saturated carbocycles. The second-order valence-electron chi connectivity index (χ2n) is 3.16. The lowest BCUT2D eigenvalue weighted by molar-refractivity contribution is 0.249. The summed E-state index contributed by atoms with van der Waals surface area (Å²) in [5, 5.41) is 8.53. The summed E-state index contributed by atoms with van der Waals surface area (Å²) in [6.07, 6.45) is 1.47. The molecule has 1 aromatic heterocycles. The van der Waals surface area contributed by atoms with Crippen molar-refractivity contribution in [1.29, 1.82) is 0 Å². The number of rotatable bonds is 5. The summed E-state index contributed by atoms with van der Waals surface area (Å²) in [5.74, 6) is 1.52. The van der Waals surface area contributed by atoms with Gasteiger partial charge in [-0.05, 0) is 6.92 Å². The Bertz CT molecular complexity index is 367. The molecular formula is C9H16N6O. The van der Waals surface area contributed by atoms with Crippen molar-refractivity contribution >= 4 is 17.7 Å². The van der Waals surface area contributed by atoms with Crippen LogP contribution in [0.25, 0.3) is 0 Å². The van der Waals surface area contributed by atoms with E-state index in [-0.39, 0.29) is 0 Å². The third-order valence-electron chi connectivity index (χ3n) is 2.04. The van der Waals surface area contributed by atoms with Crippen LogP contribution in [0.1, 0.15) is 5.56 Å². The number of primary amides is 1. The van der Waals surface area contributed by atoms with Gasteiger partial charge >= 0.3 is 6.03 Å². The first-order valence-corrected chi connectivity index (χ1v) is 4.91. The van der Waals surface area contributed by atoms with Crippen molar-refractivity contribution in [3.63, 3.8) is 0 Å². The Balaban J connectivity index is 2.50. The summed E-state index contributed by atoms with van der Waals surface area (Å²) in [6, 6.07) is -0.530. The molecule has 0 atom stereocenters. The molecule has 88 valence electrons. The molecular weight excluding hydrogens is 208 g/mol. The number of nitrogens with two attached hydrogens (primary N) is 1. The van der Waals surface area contributed by atoms with E-state index in [9.17, 15) is 4.79 Å². The Hall–Kier alpha value is -2.05. The Morgan fingerprint density at radius 3 is 2.69 bits per heavy atom. The molecule has 7 nitrogen and oxygen atoms in total. The SMILES string of the molecule is CNc1ncnc(NCCNC(N)=O)c1C. The van der Waals surface area contributed by atoms with Crippen molar-refractivity contribution in [3.05, 3.63) is 11.9 Å². The zero-order valence-corrected chi connectivity index (χ0v) is 9.37. The fraction of sp³-hybridized carbons (Fsp3) is 0.444. The van der Waals surface area contributed by atoms with Gasteiger partial charge in [0.25, 0.3) is 0 Å². The highest BCUT2D eigenvalue weighted by atomic mass is 16.2. The van der Waals surface area contributed by atoms with E-state index < -0.39 is 6.03 Å². The summed E-state index contributed by atoms with van der Waals surface area (Å²) in [6.45, 7) is 2.92. The molecule has 0 aliphatic rings. The van der Waals surface area contributed by atoms with Gasteiger partial charge in [0.15, 0.2) is 0 Å².